The Morgan fingerprint density at radius 1 is 0.957 bits per heavy atom. The SMILES string of the molecule is CC1C2OC3[C@@H]1O[C@@H](C2C)[C@@H]3OC(=O)c1ccccc1C(=O)O. The summed E-state index contributed by atoms with van der Waals surface area (Å²) in [6, 6.07) is 6.05. The van der Waals surface area contributed by atoms with Crippen LogP contribution in [0.3, 0.4) is 0 Å². The van der Waals surface area contributed by atoms with Gasteiger partial charge >= 0.3 is 11.9 Å². The summed E-state index contributed by atoms with van der Waals surface area (Å²) in [5.41, 5.74) is -0.00812. The maximum atomic E-state index is 12.5. The summed E-state index contributed by atoms with van der Waals surface area (Å²) in [5, 5.41) is 9.21. The van der Waals surface area contributed by atoms with E-state index in [1.54, 1.807) is 12.1 Å². The second-order valence-electron chi connectivity index (χ2n) is 6.57. The Labute approximate surface area is 133 Å². The lowest BCUT2D eigenvalue weighted by atomic mass is 9.87. The Kier molecular flexibility index (Phi) is 3.21. The Morgan fingerprint density at radius 3 is 2.26 bits per heavy atom. The molecule has 4 unspecified atom stereocenters. The second-order valence-corrected chi connectivity index (χ2v) is 6.57. The summed E-state index contributed by atoms with van der Waals surface area (Å²) >= 11 is 0. The van der Waals surface area contributed by atoms with Crippen molar-refractivity contribution in [2.45, 2.75) is 44.4 Å². The average Bonchev–Trinajstić information content (AvgIpc) is 2.96. The quantitative estimate of drug-likeness (QED) is 0.855. The predicted octanol–water partition coefficient (Wildman–Crippen LogP) is 1.73. The van der Waals surface area contributed by atoms with Gasteiger partial charge in [0.1, 0.15) is 12.2 Å². The van der Waals surface area contributed by atoms with Gasteiger partial charge in [-0.05, 0) is 12.1 Å². The Morgan fingerprint density at radius 2 is 1.57 bits per heavy atom. The second kappa shape index (κ2) is 5.04. The van der Waals surface area contributed by atoms with Crippen molar-refractivity contribution in [1.82, 2.24) is 0 Å². The van der Waals surface area contributed by atoms with E-state index in [0.717, 1.165) is 0 Å². The molecule has 4 fully saturated rings. The Bertz CT molecular complexity index is 667. The fourth-order valence-electron chi connectivity index (χ4n) is 4.16. The third-order valence-corrected chi connectivity index (χ3v) is 5.29. The molecule has 0 radical (unpaired) electrons. The molecule has 7 atom stereocenters. The first-order chi connectivity index (χ1) is 11.0. The van der Waals surface area contributed by atoms with Gasteiger partial charge in [-0.2, -0.15) is 0 Å². The van der Waals surface area contributed by atoms with Gasteiger partial charge in [0.05, 0.1) is 23.3 Å². The van der Waals surface area contributed by atoms with Crippen LogP contribution in [-0.2, 0) is 14.2 Å². The van der Waals surface area contributed by atoms with Gasteiger partial charge in [0.2, 0.25) is 0 Å². The molecule has 23 heavy (non-hydrogen) atoms. The van der Waals surface area contributed by atoms with Crippen molar-refractivity contribution in [3.05, 3.63) is 35.4 Å². The monoisotopic (exact) mass is 318 g/mol. The van der Waals surface area contributed by atoms with Crippen LogP contribution in [0.2, 0.25) is 0 Å². The standard InChI is InChI=1S/C17H18O6/c1-7-11-8(2)13-15(14(21-11)12(7)22-13)23-17(20)10-6-4-3-5-9(10)16(18)19/h3-8,11-15H,1-2H3,(H,18,19)/t7?,8?,11?,12-,13+,14?,15+/m1/s1. The van der Waals surface area contributed by atoms with Crippen LogP contribution in [-0.4, -0.2) is 47.6 Å². The Hall–Kier alpha value is -1.92. The first kappa shape index (κ1) is 14.7. The molecule has 0 aliphatic carbocycles. The van der Waals surface area contributed by atoms with Crippen molar-refractivity contribution in [3.63, 3.8) is 0 Å². The number of hydrogen-bond acceptors (Lipinski definition) is 5. The maximum Gasteiger partial charge on any atom is 0.339 e. The Balaban J connectivity index is 1.58. The number of aromatic carboxylic acids is 1. The summed E-state index contributed by atoms with van der Waals surface area (Å²) in [4.78, 5) is 23.7. The lowest BCUT2D eigenvalue weighted by molar-refractivity contribution is -0.152. The molecule has 1 N–H and O–H groups in total. The molecule has 1 aromatic rings. The summed E-state index contributed by atoms with van der Waals surface area (Å²) in [6.07, 6.45) is -0.817. The van der Waals surface area contributed by atoms with Crippen molar-refractivity contribution >= 4 is 11.9 Å². The molecule has 0 saturated carbocycles. The highest BCUT2D eigenvalue weighted by Gasteiger charge is 2.65. The van der Waals surface area contributed by atoms with E-state index in [0.29, 0.717) is 0 Å². The fraction of sp³-hybridized carbons (Fsp3) is 0.529. The molecular formula is C17H18O6. The molecule has 0 aromatic heterocycles. The van der Waals surface area contributed by atoms with Crippen molar-refractivity contribution in [3.8, 4) is 0 Å². The van der Waals surface area contributed by atoms with Gasteiger partial charge in [0.15, 0.2) is 6.10 Å². The van der Waals surface area contributed by atoms with Crippen LogP contribution in [0.15, 0.2) is 24.3 Å². The number of carboxylic acid groups (broad SMARTS) is 1. The number of carboxylic acids is 1. The van der Waals surface area contributed by atoms with E-state index in [2.05, 4.69) is 6.92 Å². The zero-order chi connectivity index (χ0) is 16.3. The molecule has 4 heterocycles. The third-order valence-electron chi connectivity index (χ3n) is 5.29. The van der Waals surface area contributed by atoms with Crippen LogP contribution >= 0.6 is 0 Å². The van der Waals surface area contributed by atoms with Gasteiger partial charge in [-0.1, -0.05) is 26.0 Å². The van der Waals surface area contributed by atoms with Crippen LogP contribution in [0.5, 0.6) is 0 Å². The summed E-state index contributed by atoms with van der Waals surface area (Å²) in [5.74, 6) is -1.37. The number of rotatable bonds is 3. The van der Waals surface area contributed by atoms with Crippen LogP contribution < -0.4 is 0 Å². The molecule has 4 aliphatic rings. The van der Waals surface area contributed by atoms with E-state index in [4.69, 9.17) is 14.2 Å². The van der Waals surface area contributed by atoms with E-state index in [1.807, 2.05) is 6.92 Å². The topological polar surface area (TPSA) is 82.1 Å². The van der Waals surface area contributed by atoms with Crippen molar-refractivity contribution in [1.29, 1.82) is 0 Å². The fourth-order valence-corrected chi connectivity index (χ4v) is 4.16. The molecule has 0 spiro atoms. The number of carbonyl (C=O) groups is 2. The number of hydrogen-bond donors (Lipinski definition) is 1. The van der Waals surface area contributed by atoms with Gasteiger partial charge in [-0.15, -0.1) is 0 Å². The largest absolute Gasteiger partial charge is 0.478 e. The smallest absolute Gasteiger partial charge is 0.339 e. The number of esters is 1. The number of carbonyl (C=O) groups excluding carboxylic acids is 1. The summed E-state index contributed by atoms with van der Waals surface area (Å²) in [7, 11) is 0. The van der Waals surface area contributed by atoms with Crippen LogP contribution in [0.1, 0.15) is 34.6 Å². The molecule has 6 heteroatoms. The van der Waals surface area contributed by atoms with E-state index in [1.165, 1.54) is 12.1 Å². The zero-order valence-electron chi connectivity index (χ0n) is 12.8. The minimum atomic E-state index is -1.15. The van der Waals surface area contributed by atoms with Crippen LogP contribution in [0.4, 0.5) is 0 Å². The third kappa shape index (κ3) is 2.01. The molecule has 122 valence electrons. The lowest BCUT2D eigenvalue weighted by Gasteiger charge is -2.38. The van der Waals surface area contributed by atoms with Gasteiger partial charge in [0.25, 0.3) is 0 Å². The van der Waals surface area contributed by atoms with Gasteiger partial charge in [0, 0.05) is 11.8 Å². The van der Waals surface area contributed by atoms with Crippen molar-refractivity contribution in [2.75, 3.05) is 0 Å². The number of ether oxygens (including phenoxy) is 3. The molecule has 4 aliphatic heterocycles. The molecule has 0 amide bonds. The summed E-state index contributed by atoms with van der Waals surface area (Å²) < 4.78 is 17.6. The van der Waals surface area contributed by atoms with Gasteiger partial charge in [-0.3, -0.25) is 0 Å². The highest BCUT2D eigenvalue weighted by molar-refractivity contribution is 6.02. The lowest BCUT2D eigenvalue weighted by Crippen LogP contribution is -2.49. The highest BCUT2D eigenvalue weighted by Crippen LogP contribution is 2.50. The highest BCUT2D eigenvalue weighted by atomic mass is 16.6. The molecule has 4 saturated heterocycles. The van der Waals surface area contributed by atoms with E-state index in [-0.39, 0.29) is 47.4 Å². The molecule has 4 bridgehead atoms. The molecule has 1 aromatic carbocycles. The number of benzene rings is 1. The van der Waals surface area contributed by atoms with E-state index in [9.17, 15) is 14.7 Å². The zero-order valence-corrected chi connectivity index (χ0v) is 12.8. The first-order valence-electron chi connectivity index (χ1n) is 7.83. The summed E-state index contributed by atoms with van der Waals surface area (Å²) in [6.45, 7) is 4.13. The minimum absolute atomic E-state index is 0.0475. The van der Waals surface area contributed by atoms with Crippen molar-refractivity contribution in [2.24, 2.45) is 11.8 Å². The molecule has 5 rings (SSSR count). The minimum Gasteiger partial charge on any atom is -0.478 e. The van der Waals surface area contributed by atoms with E-state index < -0.39 is 18.0 Å². The van der Waals surface area contributed by atoms with Gasteiger partial charge < -0.3 is 19.3 Å². The molecular weight excluding hydrogens is 300 g/mol. The predicted molar refractivity (Wildman–Crippen MR) is 78.3 cm³/mol. The van der Waals surface area contributed by atoms with Gasteiger partial charge in [-0.25, -0.2) is 9.59 Å². The first-order valence-corrected chi connectivity index (χ1v) is 7.83. The van der Waals surface area contributed by atoms with Crippen molar-refractivity contribution < 1.29 is 28.9 Å². The van der Waals surface area contributed by atoms with Crippen LogP contribution in [0, 0.1) is 11.8 Å². The normalized spacial score (nSPS) is 40.3. The average molecular weight is 318 g/mol. The molecule has 6 nitrogen and oxygen atoms in total. The maximum absolute atomic E-state index is 12.5. The van der Waals surface area contributed by atoms with Crippen LogP contribution in [0.25, 0.3) is 0 Å². The van der Waals surface area contributed by atoms with E-state index >= 15 is 0 Å².